The molecule has 6 nitrogen and oxygen atoms in total. The quantitative estimate of drug-likeness (QED) is 0.725. The lowest BCUT2D eigenvalue weighted by Gasteiger charge is -2.17. The highest BCUT2D eigenvalue weighted by atomic mass is 79.9. The Balaban J connectivity index is 2.10. The minimum Gasteiger partial charge on any atom is -0.354 e. The fourth-order valence-electron chi connectivity index (χ4n) is 2.93. The lowest BCUT2D eigenvalue weighted by atomic mass is 10.1. The van der Waals surface area contributed by atoms with E-state index in [9.17, 15) is 14.4 Å². The monoisotopic (exact) mass is 419 g/mol. The average Bonchev–Trinajstić information content (AvgIpc) is 2.84. The van der Waals surface area contributed by atoms with Crippen molar-refractivity contribution in [3.63, 3.8) is 0 Å². The zero-order valence-electron chi connectivity index (χ0n) is 15.5. The van der Waals surface area contributed by atoms with E-state index in [0.717, 1.165) is 10.0 Å². The average molecular weight is 420 g/mol. The topological polar surface area (TPSA) is 82.3 Å². The lowest BCUT2D eigenvalue weighted by molar-refractivity contribution is -0.116. The summed E-state index contributed by atoms with van der Waals surface area (Å²) in [5.41, 5.74) is 3.74. The van der Waals surface area contributed by atoms with Crippen LogP contribution in [-0.2, 0) is 4.79 Å². The van der Waals surface area contributed by atoms with Gasteiger partial charge in [-0.05, 0) is 57.0 Å². The van der Waals surface area contributed by atoms with Gasteiger partial charge < -0.3 is 15.2 Å². The van der Waals surface area contributed by atoms with Gasteiger partial charge in [0.1, 0.15) is 5.69 Å². The van der Waals surface area contributed by atoms with E-state index in [-0.39, 0.29) is 24.1 Å². The normalized spacial score (nSPS) is 10.5. The number of amides is 2. The van der Waals surface area contributed by atoms with Crippen LogP contribution in [0.15, 0.2) is 22.7 Å². The Morgan fingerprint density at radius 1 is 1.19 bits per heavy atom. The van der Waals surface area contributed by atoms with Gasteiger partial charge in [0.05, 0.1) is 6.54 Å². The molecule has 0 fully saturated rings. The molecule has 2 N–H and O–H groups in total. The summed E-state index contributed by atoms with van der Waals surface area (Å²) in [6.45, 7) is 6.75. The molecule has 0 saturated heterocycles. The number of hydrogen-bond donors (Lipinski definition) is 2. The molecule has 2 aromatic rings. The number of Topliss-reactive ketones (excluding diaryl/α,β-unsaturated/α-hetero) is 1. The van der Waals surface area contributed by atoms with Crippen LogP contribution < -0.4 is 5.32 Å². The summed E-state index contributed by atoms with van der Waals surface area (Å²) in [6, 6.07) is 5.54. The SMILES string of the molecule is CC(=O)c1c(C)[nH]c(C(=O)N(C)CC(=O)Nc2ccc(Br)cc2C)c1C. The molecule has 0 radical (unpaired) electrons. The molecule has 0 unspecified atom stereocenters. The first kappa shape index (κ1) is 19.9. The molecule has 0 spiro atoms. The van der Waals surface area contributed by atoms with Crippen LogP contribution in [0.25, 0.3) is 0 Å². The number of benzene rings is 1. The Labute approximate surface area is 161 Å². The number of carbonyl (C=O) groups is 3. The van der Waals surface area contributed by atoms with E-state index in [4.69, 9.17) is 0 Å². The highest BCUT2D eigenvalue weighted by Gasteiger charge is 2.23. The summed E-state index contributed by atoms with van der Waals surface area (Å²) in [5.74, 6) is -0.721. The van der Waals surface area contributed by atoms with Crippen LogP contribution in [0.3, 0.4) is 0 Å². The van der Waals surface area contributed by atoms with Gasteiger partial charge in [-0.25, -0.2) is 0 Å². The van der Waals surface area contributed by atoms with Gasteiger partial charge in [0.25, 0.3) is 5.91 Å². The van der Waals surface area contributed by atoms with Crippen molar-refractivity contribution in [1.29, 1.82) is 0 Å². The minimum absolute atomic E-state index is 0.0959. The molecular weight excluding hydrogens is 398 g/mol. The number of rotatable bonds is 5. The number of H-pyrrole nitrogens is 1. The zero-order valence-corrected chi connectivity index (χ0v) is 17.1. The van der Waals surface area contributed by atoms with Gasteiger partial charge in [0, 0.05) is 28.5 Å². The molecule has 138 valence electrons. The molecule has 2 amide bonds. The Hall–Kier alpha value is -2.41. The second-order valence-corrected chi connectivity index (χ2v) is 7.27. The van der Waals surface area contributed by atoms with Crippen LogP contribution in [0, 0.1) is 20.8 Å². The maximum Gasteiger partial charge on any atom is 0.270 e. The molecular formula is C19H22BrN3O3. The fourth-order valence-corrected chi connectivity index (χ4v) is 3.40. The third-order valence-corrected chi connectivity index (χ3v) is 4.69. The summed E-state index contributed by atoms with van der Waals surface area (Å²) in [7, 11) is 1.55. The maximum atomic E-state index is 12.7. The standard InChI is InChI=1S/C19H22BrN3O3/c1-10-8-14(20)6-7-15(10)22-16(25)9-23(5)19(26)18-11(2)17(13(4)24)12(3)21-18/h6-8,21H,9H2,1-5H3,(H,22,25). The van der Waals surface area contributed by atoms with Gasteiger partial charge in [-0.2, -0.15) is 0 Å². The number of aromatic nitrogens is 1. The number of aryl methyl sites for hydroxylation is 2. The molecule has 0 aliphatic heterocycles. The van der Waals surface area contributed by atoms with E-state index in [2.05, 4.69) is 26.2 Å². The molecule has 0 aliphatic rings. The van der Waals surface area contributed by atoms with E-state index >= 15 is 0 Å². The molecule has 0 atom stereocenters. The Morgan fingerprint density at radius 2 is 1.85 bits per heavy atom. The molecule has 0 aliphatic carbocycles. The van der Waals surface area contributed by atoms with Crippen LogP contribution in [0.2, 0.25) is 0 Å². The summed E-state index contributed by atoms with van der Waals surface area (Å²) in [4.78, 5) is 40.9. The number of nitrogens with zero attached hydrogens (tertiary/aromatic N) is 1. The van der Waals surface area contributed by atoms with Gasteiger partial charge in [0.2, 0.25) is 5.91 Å². The second kappa shape index (κ2) is 7.86. The van der Waals surface area contributed by atoms with Gasteiger partial charge in [-0.3, -0.25) is 14.4 Å². The number of likely N-dealkylation sites (N-methyl/N-ethyl adjacent to an activating group) is 1. The number of ketones is 1. The molecule has 26 heavy (non-hydrogen) atoms. The van der Waals surface area contributed by atoms with Crippen LogP contribution in [0.4, 0.5) is 5.69 Å². The van der Waals surface area contributed by atoms with Crippen LogP contribution in [0.1, 0.15) is 44.6 Å². The first-order valence-electron chi connectivity index (χ1n) is 8.13. The minimum atomic E-state index is -0.333. The molecule has 1 aromatic carbocycles. The maximum absolute atomic E-state index is 12.7. The molecule has 0 bridgehead atoms. The number of halogens is 1. The number of anilines is 1. The van der Waals surface area contributed by atoms with Crippen molar-refractivity contribution in [2.45, 2.75) is 27.7 Å². The molecule has 2 rings (SSSR count). The summed E-state index contributed by atoms with van der Waals surface area (Å²) < 4.78 is 0.930. The van der Waals surface area contributed by atoms with Crippen molar-refractivity contribution >= 4 is 39.2 Å². The summed E-state index contributed by atoms with van der Waals surface area (Å²) >= 11 is 3.38. The van der Waals surface area contributed by atoms with Crippen molar-refractivity contribution in [2.24, 2.45) is 0 Å². The number of nitrogens with one attached hydrogen (secondary N) is 2. The highest BCUT2D eigenvalue weighted by molar-refractivity contribution is 9.10. The number of hydrogen-bond acceptors (Lipinski definition) is 3. The predicted molar refractivity (Wildman–Crippen MR) is 105 cm³/mol. The zero-order chi connectivity index (χ0) is 19.6. The smallest absolute Gasteiger partial charge is 0.270 e. The van der Waals surface area contributed by atoms with Crippen molar-refractivity contribution < 1.29 is 14.4 Å². The Morgan fingerprint density at radius 3 is 2.38 bits per heavy atom. The van der Waals surface area contributed by atoms with Crippen LogP contribution in [0.5, 0.6) is 0 Å². The number of aromatic amines is 1. The molecule has 1 heterocycles. The predicted octanol–water partition coefficient (Wildman–Crippen LogP) is 3.62. The van der Waals surface area contributed by atoms with Gasteiger partial charge in [0.15, 0.2) is 5.78 Å². The highest BCUT2D eigenvalue weighted by Crippen LogP contribution is 2.21. The van der Waals surface area contributed by atoms with Crippen molar-refractivity contribution in [3.8, 4) is 0 Å². The second-order valence-electron chi connectivity index (χ2n) is 6.35. The first-order valence-corrected chi connectivity index (χ1v) is 8.92. The molecule has 7 heteroatoms. The first-order chi connectivity index (χ1) is 12.1. The van der Waals surface area contributed by atoms with Crippen molar-refractivity contribution in [2.75, 3.05) is 18.9 Å². The third kappa shape index (κ3) is 4.22. The Kier molecular flexibility index (Phi) is 6.02. The van der Waals surface area contributed by atoms with Gasteiger partial charge >= 0.3 is 0 Å². The van der Waals surface area contributed by atoms with Crippen molar-refractivity contribution in [1.82, 2.24) is 9.88 Å². The van der Waals surface area contributed by atoms with Crippen LogP contribution in [-0.4, -0.2) is 41.1 Å². The summed E-state index contributed by atoms with van der Waals surface area (Å²) in [5, 5.41) is 2.81. The van der Waals surface area contributed by atoms with E-state index in [1.54, 1.807) is 27.0 Å². The largest absolute Gasteiger partial charge is 0.354 e. The lowest BCUT2D eigenvalue weighted by Crippen LogP contribution is -2.35. The fraction of sp³-hybridized carbons (Fsp3) is 0.316. The van der Waals surface area contributed by atoms with E-state index < -0.39 is 0 Å². The van der Waals surface area contributed by atoms with Gasteiger partial charge in [-0.15, -0.1) is 0 Å². The van der Waals surface area contributed by atoms with Gasteiger partial charge in [-0.1, -0.05) is 15.9 Å². The molecule has 1 aromatic heterocycles. The van der Waals surface area contributed by atoms with E-state index in [0.29, 0.717) is 28.2 Å². The van der Waals surface area contributed by atoms with Crippen LogP contribution >= 0.6 is 15.9 Å². The molecule has 0 saturated carbocycles. The van der Waals surface area contributed by atoms with Crippen molar-refractivity contribution in [3.05, 3.63) is 50.8 Å². The number of carbonyl (C=O) groups excluding carboxylic acids is 3. The summed E-state index contributed by atoms with van der Waals surface area (Å²) in [6.07, 6.45) is 0. The third-order valence-electron chi connectivity index (χ3n) is 4.19. The van der Waals surface area contributed by atoms with E-state index in [1.807, 2.05) is 19.1 Å². The Bertz CT molecular complexity index is 886. The van der Waals surface area contributed by atoms with E-state index in [1.165, 1.54) is 11.8 Å².